The molecule has 2 N–H and O–H groups in total. The van der Waals surface area contributed by atoms with Crippen LogP contribution in [0.2, 0.25) is 0 Å². The van der Waals surface area contributed by atoms with Crippen LogP contribution in [0.5, 0.6) is 11.5 Å². The fraction of sp³-hybridized carbons (Fsp3) is 0.455. The Morgan fingerprint density at radius 3 is 2.79 bits per heavy atom. The lowest BCUT2D eigenvalue weighted by Crippen LogP contribution is -2.16. The molecule has 1 aliphatic rings. The minimum Gasteiger partial charge on any atom is -0.451 e. The van der Waals surface area contributed by atoms with E-state index in [1.807, 2.05) is 18.2 Å². The molecule has 0 aliphatic carbocycles. The van der Waals surface area contributed by atoms with Crippen molar-refractivity contribution in [1.82, 2.24) is 0 Å². The number of rotatable bonds is 3. The second-order valence-electron chi connectivity index (χ2n) is 3.44. The van der Waals surface area contributed by atoms with Gasteiger partial charge in [-0.25, -0.2) is 0 Å². The Morgan fingerprint density at radius 1 is 1.29 bits per heavy atom. The van der Waals surface area contributed by atoms with Crippen LogP contribution < -0.4 is 15.2 Å². The first-order valence-corrected chi connectivity index (χ1v) is 4.99. The zero-order valence-corrected chi connectivity index (χ0v) is 8.32. The molecule has 0 radical (unpaired) electrons. The third-order valence-corrected chi connectivity index (χ3v) is 2.29. The Morgan fingerprint density at radius 2 is 2.07 bits per heavy atom. The lowest BCUT2D eigenvalue weighted by Gasteiger charge is -2.07. The van der Waals surface area contributed by atoms with E-state index in [-0.39, 0.29) is 6.29 Å². The normalized spacial score (nSPS) is 18.6. The Bertz CT molecular complexity index is 325. The van der Waals surface area contributed by atoms with Crippen molar-refractivity contribution in [2.24, 2.45) is 5.73 Å². The number of ether oxygens (including phenoxy) is 2. The number of hydrogen-bond donors (Lipinski definition) is 1. The van der Waals surface area contributed by atoms with Gasteiger partial charge in [-0.2, -0.15) is 0 Å². The van der Waals surface area contributed by atoms with Crippen molar-refractivity contribution >= 4 is 0 Å². The monoisotopic (exact) mass is 193 g/mol. The summed E-state index contributed by atoms with van der Waals surface area (Å²) in [5, 5.41) is 0. The Kier molecular flexibility index (Phi) is 2.59. The maximum atomic E-state index is 5.61. The number of fused-ring (bicyclic) bond motifs is 1. The van der Waals surface area contributed by atoms with Gasteiger partial charge in [0, 0.05) is 13.0 Å². The molecule has 2 rings (SSSR count). The van der Waals surface area contributed by atoms with E-state index in [0.29, 0.717) is 6.54 Å². The first kappa shape index (κ1) is 9.34. The summed E-state index contributed by atoms with van der Waals surface area (Å²) < 4.78 is 11.2. The van der Waals surface area contributed by atoms with Gasteiger partial charge in [0.1, 0.15) is 0 Å². The van der Waals surface area contributed by atoms with E-state index in [4.69, 9.17) is 15.2 Å². The van der Waals surface area contributed by atoms with E-state index >= 15 is 0 Å². The summed E-state index contributed by atoms with van der Waals surface area (Å²) in [6.07, 6.45) is 1.87. The molecule has 14 heavy (non-hydrogen) atoms. The number of hydrogen-bond acceptors (Lipinski definition) is 3. The Labute approximate surface area is 83.8 Å². The van der Waals surface area contributed by atoms with Gasteiger partial charge in [-0.1, -0.05) is 13.0 Å². The second-order valence-corrected chi connectivity index (χ2v) is 3.44. The highest BCUT2D eigenvalue weighted by Gasteiger charge is 2.22. The summed E-state index contributed by atoms with van der Waals surface area (Å²) in [6, 6.07) is 5.84. The smallest absolute Gasteiger partial charge is 0.241 e. The SMILES string of the molecule is CCC[C@@H]1Oc2ccc(CN)cc2O1. The van der Waals surface area contributed by atoms with Crippen LogP contribution >= 0.6 is 0 Å². The minimum atomic E-state index is -0.108. The number of nitrogens with two attached hydrogens (primary N) is 1. The van der Waals surface area contributed by atoms with Crippen LogP contribution in [0.15, 0.2) is 18.2 Å². The van der Waals surface area contributed by atoms with Gasteiger partial charge in [0.2, 0.25) is 6.29 Å². The predicted molar refractivity (Wildman–Crippen MR) is 54.3 cm³/mol. The molecule has 0 aromatic heterocycles. The number of benzene rings is 1. The van der Waals surface area contributed by atoms with Crippen LogP contribution in [0.4, 0.5) is 0 Å². The van der Waals surface area contributed by atoms with E-state index in [9.17, 15) is 0 Å². The van der Waals surface area contributed by atoms with Crippen molar-refractivity contribution in [2.75, 3.05) is 0 Å². The van der Waals surface area contributed by atoms with E-state index < -0.39 is 0 Å². The van der Waals surface area contributed by atoms with Crippen molar-refractivity contribution in [3.8, 4) is 11.5 Å². The first-order chi connectivity index (χ1) is 6.83. The second kappa shape index (κ2) is 3.88. The van der Waals surface area contributed by atoms with E-state index in [0.717, 1.165) is 29.9 Å². The highest BCUT2D eigenvalue weighted by Crippen LogP contribution is 2.36. The van der Waals surface area contributed by atoms with Crippen LogP contribution in [-0.4, -0.2) is 6.29 Å². The first-order valence-electron chi connectivity index (χ1n) is 4.99. The molecule has 0 saturated carbocycles. The van der Waals surface area contributed by atoms with E-state index in [1.54, 1.807) is 0 Å². The predicted octanol–water partition coefficient (Wildman–Crippen LogP) is 2.04. The van der Waals surface area contributed by atoms with Crippen molar-refractivity contribution in [1.29, 1.82) is 0 Å². The Balaban J connectivity index is 2.14. The van der Waals surface area contributed by atoms with Gasteiger partial charge < -0.3 is 15.2 Å². The lowest BCUT2D eigenvalue weighted by atomic mass is 10.2. The average Bonchev–Trinajstić information content (AvgIpc) is 2.59. The van der Waals surface area contributed by atoms with E-state index in [2.05, 4.69) is 6.92 Å². The van der Waals surface area contributed by atoms with Crippen molar-refractivity contribution in [2.45, 2.75) is 32.6 Å². The molecule has 0 saturated heterocycles. The lowest BCUT2D eigenvalue weighted by molar-refractivity contribution is 0.0413. The van der Waals surface area contributed by atoms with Gasteiger partial charge in [0.25, 0.3) is 0 Å². The fourth-order valence-electron chi connectivity index (χ4n) is 1.53. The molecule has 1 aromatic carbocycles. The van der Waals surface area contributed by atoms with Gasteiger partial charge in [0.15, 0.2) is 11.5 Å². The molecule has 1 heterocycles. The molecule has 0 spiro atoms. The molecule has 76 valence electrons. The molecule has 0 bridgehead atoms. The maximum absolute atomic E-state index is 5.61. The quantitative estimate of drug-likeness (QED) is 0.799. The summed E-state index contributed by atoms with van der Waals surface area (Å²) in [7, 11) is 0. The molecule has 1 aliphatic heterocycles. The topological polar surface area (TPSA) is 44.5 Å². The van der Waals surface area contributed by atoms with Gasteiger partial charge in [-0.15, -0.1) is 0 Å². The third kappa shape index (κ3) is 1.68. The third-order valence-electron chi connectivity index (χ3n) is 2.29. The van der Waals surface area contributed by atoms with E-state index in [1.165, 1.54) is 0 Å². The molecular weight excluding hydrogens is 178 g/mol. The molecule has 0 fully saturated rings. The summed E-state index contributed by atoms with van der Waals surface area (Å²) in [5.74, 6) is 1.66. The molecule has 3 heteroatoms. The van der Waals surface area contributed by atoms with Gasteiger partial charge in [-0.3, -0.25) is 0 Å². The van der Waals surface area contributed by atoms with Crippen LogP contribution in [-0.2, 0) is 6.54 Å². The van der Waals surface area contributed by atoms with Crippen molar-refractivity contribution < 1.29 is 9.47 Å². The minimum absolute atomic E-state index is 0.108. The molecule has 1 aromatic rings. The standard InChI is InChI=1S/C11H15NO2/c1-2-3-11-13-9-5-4-8(7-12)6-10(9)14-11/h4-6,11H,2-3,7,12H2,1H3/t11-/m1/s1. The summed E-state index contributed by atoms with van der Waals surface area (Å²) in [5.41, 5.74) is 6.61. The Hall–Kier alpha value is -1.22. The van der Waals surface area contributed by atoms with Crippen LogP contribution in [0.3, 0.4) is 0 Å². The summed E-state index contributed by atoms with van der Waals surface area (Å²) in [4.78, 5) is 0. The molecule has 1 atom stereocenters. The molecular formula is C11H15NO2. The van der Waals surface area contributed by atoms with Crippen LogP contribution in [0.25, 0.3) is 0 Å². The molecule has 0 unspecified atom stereocenters. The average molecular weight is 193 g/mol. The van der Waals surface area contributed by atoms with Crippen LogP contribution in [0, 0.1) is 0 Å². The van der Waals surface area contributed by atoms with Crippen molar-refractivity contribution in [3.05, 3.63) is 23.8 Å². The van der Waals surface area contributed by atoms with Gasteiger partial charge in [-0.05, 0) is 24.1 Å². The summed E-state index contributed by atoms with van der Waals surface area (Å²) >= 11 is 0. The van der Waals surface area contributed by atoms with Crippen LogP contribution in [0.1, 0.15) is 25.3 Å². The maximum Gasteiger partial charge on any atom is 0.241 e. The zero-order valence-electron chi connectivity index (χ0n) is 8.32. The van der Waals surface area contributed by atoms with Crippen molar-refractivity contribution in [3.63, 3.8) is 0 Å². The largest absolute Gasteiger partial charge is 0.451 e. The van der Waals surface area contributed by atoms with Gasteiger partial charge >= 0.3 is 0 Å². The van der Waals surface area contributed by atoms with Gasteiger partial charge in [0.05, 0.1) is 0 Å². The zero-order chi connectivity index (χ0) is 9.97. The fourth-order valence-corrected chi connectivity index (χ4v) is 1.53. The summed E-state index contributed by atoms with van der Waals surface area (Å²) in [6.45, 7) is 2.65. The molecule has 0 amide bonds. The highest BCUT2D eigenvalue weighted by atomic mass is 16.7. The highest BCUT2D eigenvalue weighted by molar-refractivity contribution is 5.44. The molecule has 3 nitrogen and oxygen atoms in total.